The van der Waals surface area contributed by atoms with Crippen LogP contribution in [-0.2, 0) is 20.8 Å². The molecule has 1 aromatic rings. The second kappa shape index (κ2) is 12.0. The quantitative estimate of drug-likeness (QED) is 0.436. The molecule has 0 aliphatic rings. The lowest BCUT2D eigenvalue weighted by Crippen LogP contribution is -2.45. The summed E-state index contributed by atoms with van der Waals surface area (Å²) in [5.74, 6) is -2.99. The first kappa shape index (κ1) is 23.5. The molecule has 0 aromatic heterocycles. The van der Waals surface area contributed by atoms with E-state index in [0.29, 0.717) is 12.8 Å². The van der Waals surface area contributed by atoms with Crippen molar-refractivity contribution >= 4 is 17.9 Å². The molecule has 0 saturated carbocycles. The van der Waals surface area contributed by atoms with E-state index in [1.807, 2.05) is 30.3 Å². The van der Waals surface area contributed by atoms with Gasteiger partial charge in [-0.2, -0.15) is 0 Å². The first-order chi connectivity index (χ1) is 12.1. The first-order valence-electron chi connectivity index (χ1n) is 8.30. The number of nitrogens with one attached hydrogen (secondary N) is 1. The van der Waals surface area contributed by atoms with Crippen molar-refractivity contribution in [1.29, 1.82) is 0 Å². The molecule has 0 unspecified atom stereocenters. The van der Waals surface area contributed by atoms with E-state index in [1.165, 1.54) is 6.92 Å². The maximum absolute atomic E-state index is 11.0. The fourth-order valence-electron chi connectivity index (χ4n) is 1.89. The van der Waals surface area contributed by atoms with Crippen molar-refractivity contribution in [2.45, 2.75) is 51.7 Å². The number of carboxylic acids is 3. The Bertz CT molecular complexity index is 576. The van der Waals surface area contributed by atoms with Gasteiger partial charge in [0.2, 0.25) is 0 Å². The average molecular weight is 368 g/mol. The number of aryl methyl sites for hydroxylation is 1. The summed E-state index contributed by atoms with van der Waals surface area (Å²) in [6, 6.07) is 7.06. The van der Waals surface area contributed by atoms with Crippen molar-refractivity contribution in [3.63, 3.8) is 0 Å². The van der Waals surface area contributed by atoms with Gasteiger partial charge in [0.25, 0.3) is 0 Å². The Morgan fingerprint density at radius 3 is 1.85 bits per heavy atom. The van der Waals surface area contributed by atoms with Crippen LogP contribution in [0.1, 0.15) is 32.8 Å². The molecule has 146 valence electrons. The minimum absolute atomic E-state index is 0.0208. The fraction of sp³-hybridized carbons (Fsp3) is 0.500. The monoisotopic (exact) mass is 368 g/mol. The van der Waals surface area contributed by atoms with Crippen LogP contribution in [0.15, 0.2) is 30.3 Å². The van der Waals surface area contributed by atoms with Crippen molar-refractivity contribution in [1.82, 2.24) is 5.32 Å². The SMILES string of the molecule is CC(C)[C@H](N)C(=O)O.C[C@@H](N[C@@H](CCc1ccccc1)C(=O)O)C(=O)O. The Labute approximate surface area is 153 Å². The van der Waals surface area contributed by atoms with Gasteiger partial charge in [0.1, 0.15) is 18.1 Å². The lowest BCUT2D eigenvalue weighted by atomic mass is 10.0. The van der Waals surface area contributed by atoms with Gasteiger partial charge in [-0.05, 0) is 31.2 Å². The molecule has 0 spiro atoms. The van der Waals surface area contributed by atoms with E-state index in [2.05, 4.69) is 5.32 Å². The zero-order valence-electron chi connectivity index (χ0n) is 15.3. The van der Waals surface area contributed by atoms with Gasteiger partial charge in [-0.3, -0.25) is 19.7 Å². The summed E-state index contributed by atoms with van der Waals surface area (Å²) in [6.07, 6.45) is 0.952. The Hall–Kier alpha value is -2.45. The van der Waals surface area contributed by atoms with Crippen LogP contribution in [0, 0.1) is 5.92 Å². The highest BCUT2D eigenvalue weighted by molar-refractivity contribution is 5.77. The number of aliphatic carboxylic acids is 3. The van der Waals surface area contributed by atoms with Crippen LogP contribution in [0.5, 0.6) is 0 Å². The minimum atomic E-state index is -1.05. The molecule has 1 rings (SSSR count). The van der Waals surface area contributed by atoms with Gasteiger partial charge in [-0.25, -0.2) is 0 Å². The zero-order valence-corrected chi connectivity index (χ0v) is 15.3. The highest BCUT2D eigenvalue weighted by Crippen LogP contribution is 2.06. The van der Waals surface area contributed by atoms with Gasteiger partial charge in [0.05, 0.1) is 0 Å². The Morgan fingerprint density at radius 1 is 0.962 bits per heavy atom. The Morgan fingerprint density at radius 2 is 1.50 bits per heavy atom. The van der Waals surface area contributed by atoms with Gasteiger partial charge < -0.3 is 21.1 Å². The van der Waals surface area contributed by atoms with Crippen molar-refractivity contribution in [3.8, 4) is 0 Å². The molecule has 0 fully saturated rings. The molecular formula is C18H28N2O6. The van der Waals surface area contributed by atoms with Crippen LogP contribution in [0.4, 0.5) is 0 Å². The molecule has 0 aliphatic carbocycles. The number of nitrogens with two attached hydrogens (primary N) is 1. The fourth-order valence-corrected chi connectivity index (χ4v) is 1.89. The van der Waals surface area contributed by atoms with Crippen LogP contribution < -0.4 is 11.1 Å². The third-order valence-electron chi connectivity index (χ3n) is 3.69. The predicted octanol–water partition coefficient (Wildman–Crippen LogP) is 1.19. The van der Waals surface area contributed by atoms with Gasteiger partial charge in [0, 0.05) is 0 Å². The summed E-state index contributed by atoms with van der Waals surface area (Å²) in [5.41, 5.74) is 6.20. The number of carbonyl (C=O) groups is 3. The van der Waals surface area contributed by atoms with Crippen molar-refractivity contribution in [3.05, 3.63) is 35.9 Å². The number of rotatable bonds is 9. The van der Waals surface area contributed by atoms with E-state index < -0.39 is 36.0 Å². The van der Waals surface area contributed by atoms with E-state index in [4.69, 9.17) is 21.1 Å². The summed E-state index contributed by atoms with van der Waals surface area (Å²) >= 11 is 0. The van der Waals surface area contributed by atoms with Crippen LogP contribution in [0.3, 0.4) is 0 Å². The number of carboxylic acid groups (broad SMARTS) is 3. The summed E-state index contributed by atoms with van der Waals surface area (Å²) in [7, 11) is 0. The number of hydrogen-bond acceptors (Lipinski definition) is 5. The van der Waals surface area contributed by atoms with E-state index in [-0.39, 0.29) is 5.92 Å². The molecule has 0 saturated heterocycles. The predicted molar refractivity (Wildman–Crippen MR) is 96.9 cm³/mol. The smallest absolute Gasteiger partial charge is 0.320 e. The standard InChI is InChI=1S/C13H17NO4.C5H11NO2/c1-9(12(15)16)14-11(13(17)18)8-7-10-5-3-2-4-6-10;1-3(2)4(6)5(7)8/h2-6,9,11,14H,7-8H2,1H3,(H,15,16)(H,17,18);3-4H,6H2,1-2H3,(H,7,8)/t9-,11+;4-/m10/s1. The van der Waals surface area contributed by atoms with Gasteiger partial charge in [-0.15, -0.1) is 0 Å². The lowest BCUT2D eigenvalue weighted by molar-refractivity contribution is -0.142. The molecule has 0 bridgehead atoms. The van der Waals surface area contributed by atoms with E-state index in [1.54, 1.807) is 13.8 Å². The van der Waals surface area contributed by atoms with Crippen LogP contribution >= 0.6 is 0 Å². The highest BCUT2D eigenvalue weighted by Gasteiger charge is 2.22. The van der Waals surface area contributed by atoms with Crippen molar-refractivity contribution in [2.24, 2.45) is 11.7 Å². The van der Waals surface area contributed by atoms with Crippen LogP contribution in [0.2, 0.25) is 0 Å². The van der Waals surface area contributed by atoms with Crippen LogP contribution in [0.25, 0.3) is 0 Å². The molecule has 26 heavy (non-hydrogen) atoms. The lowest BCUT2D eigenvalue weighted by Gasteiger charge is -2.17. The third kappa shape index (κ3) is 9.75. The van der Waals surface area contributed by atoms with Crippen LogP contribution in [-0.4, -0.2) is 51.4 Å². The van der Waals surface area contributed by atoms with E-state index >= 15 is 0 Å². The molecule has 3 atom stereocenters. The Balaban J connectivity index is 0.000000660. The molecule has 0 aliphatic heterocycles. The van der Waals surface area contributed by atoms with Crippen molar-refractivity contribution < 1.29 is 29.7 Å². The molecule has 0 amide bonds. The second-order valence-electron chi connectivity index (χ2n) is 6.25. The molecule has 0 heterocycles. The molecule has 8 nitrogen and oxygen atoms in total. The number of benzene rings is 1. The molecule has 0 radical (unpaired) electrons. The highest BCUT2D eigenvalue weighted by atomic mass is 16.4. The third-order valence-corrected chi connectivity index (χ3v) is 3.69. The Kier molecular flexibility index (Phi) is 10.9. The minimum Gasteiger partial charge on any atom is -0.480 e. The maximum Gasteiger partial charge on any atom is 0.320 e. The largest absolute Gasteiger partial charge is 0.480 e. The normalized spacial score (nSPS) is 13.9. The summed E-state index contributed by atoms with van der Waals surface area (Å²) in [6.45, 7) is 4.98. The maximum atomic E-state index is 11.0. The summed E-state index contributed by atoms with van der Waals surface area (Å²) in [4.78, 5) is 31.7. The zero-order chi connectivity index (χ0) is 20.3. The van der Waals surface area contributed by atoms with E-state index in [9.17, 15) is 14.4 Å². The second-order valence-corrected chi connectivity index (χ2v) is 6.25. The van der Waals surface area contributed by atoms with Gasteiger partial charge in [0.15, 0.2) is 0 Å². The number of hydrogen-bond donors (Lipinski definition) is 5. The van der Waals surface area contributed by atoms with E-state index in [0.717, 1.165) is 5.56 Å². The molecule has 8 heteroatoms. The topological polar surface area (TPSA) is 150 Å². The molecule has 1 aromatic carbocycles. The average Bonchev–Trinajstić information content (AvgIpc) is 2.58. The molecule has 6 N–H and O–H groups in total. The summed E-state index contributed by atoms with van der Waals surface area (Å²) in [5, 5.41) is 28.6. The first-order valence-corrected chi connectivity index (χ1v) is 8.30. The summed E-state index contributed by atoms with van der Waals surface area (Å²) < 4.78 is 0. The van der Waals surface area contributed by atoms with Crippen molar-refractivity contribution in [2.75, 3.05) is 0 Å². The van der Waals surface area contributed by atoms with Gasteiger partial charge >= 0.3 is 17.9 Å². The van der Waals surface area contributed by atoms with Gasteiger partial charge in [-0.1, -0.05) is 44.2 Å². The molecular weight excluding hydrogens is 340 g/mol.